The second-order valence-corrected chi connectivity index (χ2v) is 4.12. The van der Waals surface area contributed by atoms with Crippen LogP contribution in [0.5, 0.6) is 0 Å². The predicted octanol–water partition coefficient (Wildman–Crippen LogP) is 1.53. The summed E-state index contributed by atoms with van der Waals surface area (Å²) in [6.45, 7) is 4.46. The van der Waals surface area contributed by atoms with E-state index in [-0.39, 0.29) is 5.91 Å². The van der Waals surface area contributed by atoms with Gasteiger partial charge in [-0.2, -0.15) is 0 Å². The highest BCUT2D eigenvalue weighted by molar-refractivity contribution is 6.00. The molecular formula is C13H18N2O3. The molecule has 1 aliphatic rings. The van der Waals surface area contributed by atoms with Gasteiger partial charge in [-0.25, -0.2) is 0 Å². The Bertz CT molecular complexity index is 454. The molecule has 0 saturated carbocycles. The number of carbonyl (C=O) groups excluding carboxylic acids is 1. The molecule has 18 heavy (non-hydrogen) atoms. The molecule has 98 valence electrons. The molecular weight excluding hydrogens is 232 g/mol. The van der Waals surface area contributed by atoms with Gasteiger partial charge >= 0.3 is 0 Å². The fraction of sp³-hybridized carbons (Fsp3) is 0.462. The zero-order valence-corrected chi connectivity index (χ0v) is 10.7. The van der Waals surface area contributed by atoms with Crippen molar-refractivity contribution >= 4 is 17.3 Å². The maximum absolute atomic E-state index is 12.2. The van der Waals surface area contributed by atoms with Gasteiger partial charge in [0.1, 0.15) is 0 Å². The van der Waals surface area contributed by atoms with Crippen LogP contribution in [-0.2, 0) is 20.7 Å². The van der Waals surface area contributed by atoms with Crippen molar-refractivity contribution in [1.29, 1.82) is 0 Å². The van der Waals surface area contributed by atoms with Crippen molar-refractivity contribution in [3.05, 3.63) is 23.8 Å². The average molecular weight is 250 g/mol. The summed E-state index contributed by atoms with van der Waals surface area (Å²) in [5, 5.41) is 2.79. The first-order chi connectivity index (χ1) is 8.63. The molecule has 0 fully saturated rings. The number of benzene rings is 1. The number of hydrogen-bond acceptors (Lipinski definition) is 4. The Morgan fingerprint density at radius 1 is 1.33 bits per heavy atom. The highest BCUT2D eigenvalue weighted by Gasteiger charge is 2.45. The minimum atomic E-state index is -1.26. The van der Waals surface area contributed by atoms with Crippen molar-refractivity contribution in [2.45, 2.75) is 26.1 Å². The summed E-state index contributed by atoms with van der Waals surface area (Å²) >= 11 is 0. The van der Waals surface area contributed by atoms with Crippen LogP contribution in [0.15, 0.2) is 18.2 Å². The van der Waals surface area contributed by atoms with E-state index in [0.29, 0.717) is 25.3 Å². The highest BCUT2D eigenvalue weighted by Crippen LogP contribution is 2.34. The molecule has 0 saturated heterocycles. The van der Waals surface area contributed by atoms with Crippen molar-refractivity contribution in [3.63, 3.8) is 0 Å². The number of hydrogen-bond donors (Lipinski definition) is 2. The Labute approximate surface area is 106 Å². The van der Waals surface area contributed by atoms with Gasteiger partial charge in [0.05, 0.1) is 0 Å². The fourth-order valence-corrected chi connectivity index (χ4v) is 2.19. The molecule has 1 aromatic rings. The topological polar surface area (TPSA) is 73.6 Å². The van der Waals surface area contributed by atoms with Crippen LogP contribution in [0.3, 0.4) is 0 Å². The van der Waals surface area contributed by atoms with E-state index in [1.807, 2.05) is 26.0 Å². The summed E-state index contributed by atoms with van der Waals surface area (Å²) in [6, 6.07) is 5.44. The number of anilines is 2. The first-order valence-corrected chi connectivity index (χ1v) is 6.09. The van der Waals surface area contributed by atoms with E-state index < -0.39 is 5.79 Å². The smallest absolute Gasteiger partial charge is 0.285 e. The van der Waals surface area contributed by atoms with Gasteiger partial charge in [0.2, 0.25) is 0 Å². The van der Waals surface area contributed by atoms with Gasteiger partial charge in [0.15, 0.2) is 0 Å². The standard InChI is InChI=1S/C13H18N2O3/c1-3-17-13(18-4-2)8-9-10(14)6-5-7-11(9)15-12(13)16/h5-7H,3-4,8,14H2,1-2H3,(H,15,16). The molecule has 0 unspecified atom stereocenters. The van der Waals surface area contributed by atoms with Gasteiger partial charge in [-0.05, 0) is 26.0 Å². The van der Waals surface area contributed by atoms with Crippen molar-refractivity contribution in [2.75, 3.05) is 24.3 Å². The van der Waals surface area contributed by atoms with Gasteiger partial charge in [0, 0.05) is 36.6 Å². The van der Waals surface area contributed by atoms with Gasteiger partial charge in [0.25, 0.3) is 11.7 Å². The number of rotatable bonds is 4. The summed E-state index contributed by atoms with van der Waals surface area (Å²) in [7, 11) is 0. The monoisotopic (exact) mass is 250 g/mol. The first-order valence-electron chi connectivity index (χ1n) is 6.09. The van der Waals surface area contributed by atoms with Crippen LogP contribution in [0, 0.1) is 0 Å². The second kappa shape index (κ2) is 4.96. The van der Waals surface area contributed by atoms with Crippen LogP contribution in [0.2, 0.25) is 0 Å². The second-order valence-electron chi connectivity index (χ2n) is 4.12. The molecule has 0 aliphatic carbocycles. The molecule has 1 heterocycles. The average Bonchev–Trinajstić information content (AvgIpc) is 2.33. The maximum atomic E-state index is 12.2. The van der Waals surface area contributed by atoms with Crippen molar-refractivity contribution in [1.82, 2.24) is 0 Å². The van der Waals surface area contributed by atoms with Crippen LogP contribution in [-0.4, -0.2) is 24.9 Å². The Morgan fingerprint density at radius 2 is 2.00 bits per heavy atom. The molecule has 0 bridgehead atoms. The molecule has 1 aliphatic heterocycles. The van der Waals surface area contributed by atoms with Gasteiger partial charge in [-0.3, -0.25) is 4.79 Å². The third kappa shape index (κ3) is 2.07. The van der Waals surface area contributed by atoms with Crippen molar-refractivity contribution in [2.24, 2.45) is 0 Å². The Balaban J connectivity index is 2.40. The third-order valence-corrected chi connectivity index (χ3v) is 2.97. The van der Waals surface area contributed by atoms with Gasteiger partial charge in [-0.15, -0.1) is 0 Å². The normalized spacial score (nSPS) is 17.1. The summed E-state index contributed by atoms with van der Waals surface area (Å²) in [5.41, 5.74) is 8.16. The summed E-state index contributed by atoms with van der Waals surface area (Å²) in [6.07, 6.45) is 0.336. The largest absolute Gasteiger partial charge is 0.398 e. The van der Waals surface area contributed by atoms with Crippen molar-refractivity contribution < 1.29 is 14.3 Å². The van der Waals surface area contributed by atoms with E-state index in [0.717, 1.165) is 11.3 Å². The zero-order chi connectivity index (χ0) is 13.2. The lowest BCUT2D eigenvalue weighted by atomic mass is 9.96. The van der Waals surface area contributed by atoms with Crippen LogP contribution in [0.4, 0.5) is 11.4 Å². The van der Waals surface area contributed by atoms with Crippen LogP contribution >= 0.6 is 0 Å². The minimum Gasteiger partial charge on any atom is -0.398 e. The number of nitrogens with one attached hydrogen (secondary N) is 1. The SMILES string of the molecule is CCOC1(OCC)Cc2c(N)cccc2NC1=O. The molecule has 0 aromatic heterocycles. The van der Waals surface area contributed by atoms with Crippen LogP contribution in [0.25, 0.3) is 0 Å². The molecule has 0 radical (unpaired) electrons. The highest BCUT2D eigenvalue weighted by atomic mass is 16.7. The Hall–Kier alpha value is -1.59. The van der Waals surface area contributed by atoms with E-state index in [2.05, 4.69) is 5.32 Å². The van der Waals surface area contributed by atoms with E-state index in [1.54, 1.807) is 6.07 Å². The fourth-order valence-electron chi connectivity index (χ4n) is 2.19. The summed E-state index contributed by atoms with van der Waals surface area (Å²) in [4.78, 5) is 12.2. The zero-order valence-electron chi connectivity index (χ0n) is 10.7. The Kier molecular flexibility index (Phi) is 3.54. The summed E-state index contributed by atoms with van der Waals surface area (Å²) in [5.74, 6) is -1.53. The number of ether oxygens (including phenoxy) is 2. The van der Waals surface area contributed by atoms with Crippen LogP contribution < -0.4 is 11.1 Å². The molecule has 3 N–H and O–H groups in total. The number of nitrogens with two attached hydrogens (primary N) is 1. The molecule has 5 heteroatoms. The molecule has 0 atom stereocenters. The maximum Gasteiger partial charge on any atom is 0.285 e. The molecule has 5 nitrogen and oxygen atoms in total. The lowest BCUT2D eigenvalue weighted by molar-refractivity contribution is -0.224. The first kappa shape index (κ1) is 12.9. The van der Waals surface area contributed by atoms with Crippen molar-refractivity contribution in [3.8, 4) is 0 Å². The molecule has 0 spiro atoms. The number of carbonyl (C=O) groups is 1. The molecule has 1 amide bonds. The number of nitrogen functional groups attached to an aromatic ring is 1. The number of amides is 1. The van der Waals surface area contributed by atoms with E-state index in [4.69, 9.17) is 15.2 Å². The third-order valence-electron chi connectivity index (χ3n) is 2.97. The predicted molar refractivity (Wildman–Crippen MR) is 69.2 cm³/mol. The van der Waals surface area contributed by atoms with Crippen LogP contribution in [0.1, 0.15) is 19.4 Å². The van der Waals surface area contributed by atoms with E-state index in [1.165, 1.54) is 0 Å². The van der Waals surface area contributed by atoms with E-state index >= 15 is 0 Å². The molecule has 2 rings (SSSR count). The van der Waals surface area contributed by atoms with E-state index in [9.17, 15) is 4.79 Å². The Morgan fingerprint density at radius 3 is 2.61 bits per heavy atom. The van der Waals surface area contributed by atoms with Gasteiger partial charge < -0.3 is 20.5 Å². The summed E-state index contributed by atoms with van der Waals surface area (Å²) < 4.78 is 11.1. The lowest BCUT2D eigenvalue weighted by Gasteiger charge is -2.36. The number of fused-ring (bicyclic) bond motifs is 1. The molecule has 1 aromatic carbocycles. The van der Waals surface area contributed by atoms with Gasteiger partial charge in [-0.1, -0.05) is 6.07 Å². The minimum absolute atomic E-state index is 0.274. The quantitative estimate of drug-likeness (QED) is 0.628. The lowest BCUT2D eigenvalue weighted by Crippen LogP contribution is -2.52.